The molecule has 10 nitrogen and oxygen atoms in total. The number of esters is 2. The van der Waals surface area contributed by atoms with E-state index in [4.69, 9.17) is 14.2 Å². The highest BCUT2D eigenvalue weighted by atomic mass is 16.5. The fourth-order valence-corrected chi connectivity index (χ4v) is 3.67. The van der Waals surface area contributed by atoms with E-state index in [0.717, 1.165) is 57.9 Å². The van der Waals surface area contributed by atoms with Gasteiger partial charge in [-0.1, -0.05) is 66.2 Å². The molecule has 0 saturated carbocycles. The van der Waals surface area contributed by atoms with E-state index in [0.29, 0.717) is 19.8 Å². The lowest BCUT2D eigenvalue weighted by atomic mass is 10.0. The van der Waals surface area contributed by atoms with Gasteiger partial charge in [-0.05, 0) is 26.9 Å². The quantitative estimate of drug-likeness (QED) is 0.107. The van der Waals surface area contributed by atoms with Gasteiger partial charge in [0.2, 0.25) is 11.8 Å². The second kappa shape index (κ2) is 24.3. The fraction of sp³-hybridized carbons (Fsp3) is 0.800. The van der Waals surface area contributed by atoms with Crippen molar-refractivity contribution in [3.63, 3.8) is 0 Å². The SMILES string of the molecule is CCCCCC(C)C(=O)OCCN(CCOC(=O)C(C)CCCCC)C(=O)C=CC(=O)NCCOCCN(C)C. The molecule has 0 fully saturated rings. The average molecular weight is 570 g/mol. The van der Waals surface area contributed by atoms with Crippen molar-refractivity contribution in [1.29, 1.82) is 0 Å². The zero-order valence-corrected chi connectivity index (χ0v) is 25.9. The molecule has 2 unspecified atom stereocenters. The predicted octanol–water partition coefficient (Wildman–Crippen LogP) is 3.58. The number of carbonyl (C=O) groups excluding carboxylic acids is 4. The van der Waals surface area contributed by atoms with Crippen LogP contribution >= 0.6 is 0 Å². The Labute approximate surface area is 242 Å². The average Bonchev–Trinajstić information content (AvgIpc) is 2.92. The van der Waals surface area contributed by atoms with Crippen molar-refractivity contribution < 1.29 is 33.4 Å². The maximum absolute atomic E-state index is 12.8. The van der Waals surface area contributed by atoms with Gasteiger partial charge in [-0.2, -0.15) is 0 Å². The van der Waals surface area contributed by atoms with E-state index in [2.05, 4.69) is 19.2 Å². The molecule has 0 aromatic rings. The molecule has 2 amide bonds. The van der Waals surface area contributed by atoms with E-state index in [9.17, 15) is 19.2 Å². The number of nitrogens with zero attached hydrogens (tertiary/aromatic N) is 2. The van der Waals surface area contributed by atoms with Gasteiger partial charge in [0.05, 0.1) is 38.1 Å². The first-order valence-corrected chi connectivity index (χ1v) is 14.9. The van der Waals surface area contributed by atoms with E-state index in [1.54, 1.807) is 0 Å². The summed E-state index contributed by atoms with van der Waals surface area (Å²) in [6, 6.07) is 0. The van der Waals surface area contributed by atoms with Crippen LogP contribution in [0.5, 0.6) is 0 Å². The molecule has 0 rings (SSSR count). The minimum atomic E-state index is -0.434. The van der Waals surface area contributed by atoms with Crippen LogP contribution in [-0.4, -0.2) is 100 Å². The smallest absolute Gasteiger partial charge is 0.308 e. The van der Waals surface area contributed by atoms with Crippen molar-refractivity contribution in [3.8, 4) is 0 Å². The first-order chi connectivity index (χ1) is 19.1. The molecule has 0 bridgehead atoms. The normalized spacial score (nSPS) is 12.8. The summed E-state index contributed by atoms with van der Waals surface area (Å²) >= 11 is 0. The highest BCUT2D eigenvalue weighted by molar-refractivity contribution is 5.96. The van der Waals surface area contributed by atoms with Crippen molar-refractivity contribution in [2.75, 3.05) is 66.7 Å². The summed E-state index contributed by atoms with van der Waals surface area (Å²) in [5.74, 6) is -1.85. The first kappa shape index (κ1) is 37.5. The van der Waals surface area contributed by atoms with Gasteiger partial charge in [0.25, 0.3) is 0 Å². The molecule has 40 heavy (non-hydrogen) atoms. The summed E-state index contributed by atoms with van der Waals surface area (Å²) in [6.07, 6.45) is 10.1. The maximum Gasteiger partial charge on any atom is 0.308 e. The molecule has 10 heteroatoms. The second-order valence-corrected chi connectivity index (χ2v) is 10.5. The molecule has 0 aliphatic carbocycles. The standard InChI is InChI=1S/C30H55N3O7/c1-7-9-11-13-25(3)29(36)39-23-19-33(20-24-40-30(37)26(4)14-12-10-8-2)28(35)16-15-27(34)31-17-21-38-22-18-32(5)6/h15-16,25-26H,7-14,17-24H2,1-6H3,(H,31,34). The molecule has 0 aromatic heterocycles. The molecule has 0 aliphatic heterocycles. The highest BCUT2D eigenvalue weighted by Gasteiger charge is 2.18. The van der Waals surface area contributed by atoms with E-state index in [-0.39, 0.29) is 50.1 Å². The fourth-order valence-electron chi connectivity index (χ4n) is 3.67. The Kier molecular flexibility index (Phi) is 22.8. The van der Waals surface area contributed by atoms with Crippen LogP contribution in [0, 0.1) is 11.8 Å². The number of nitrogens with one attached hydrogen (secondary N) is 1. The summed E-state index contributed by atoms with van der Waals surface area (Å²) in [7, 11) is 3.91. The molecule has 0 saturated heterocycles. The lowest BCUT2D eigenvalue weighted by Gasteiger charge is -2.22. The molecule has 2 atom stereocenters. The maximum atomic E-state index is 12.8. The first-order valence-electron chi connectivity index (χ1n) is 14.9. The number of unbranched alkanes of at least 4 members (excludes halogenated alkanes) is 4. The molecule has 0 aliphatic rings. The van der Waals surface area contributed by atoms with Gasteiger partial charge in [0.1, 0.15) is 13.2 Å². The van der Waals surface area contributed by atoms with Gasteiger partial charge in [-0.25, -0.2) is 0 Å². The molecular formula is C30H55N3O7. The van der Waals surface area contributed by atoms with Crippen molar-refractivity contribution in [2.45, 2.75) is 79.1 Å². The van der Waals surface area contributed by atoms with Crippen molar-refractivity contribution in [3.05, 3.63) is 12.2 Å². The van der Waals surface area contributed by atoms with E-state index in [1.165, 1.54) is 17.1 Å². The second-order valence-electron chi connectivity index (χ2n) is 10.5. The van der Waals surface area contributed by atoms with Crippen LogP contribution in [0.25, 0.3) is 0 Å². The summed E-state index contributed by atoms with van der Waals surface area (Å²) in [6.45, 7) is 10.3. The third-order valence-corrected chi connectivity index (χ3v) is 6.41. The monoisotopic (exact) mass is 569 g/mol. The minimum absolute atomic E-state index is 0.0222. The van der Waals surface area contributed by atoms with Gasteiger partial charge in [0.15, 0.2) is 0 Å². The van der Waals surface area contributed by atoms with Crippen LogP contribution in [0.1, 0.15) is 79.1 Å². The third-order valence-electron chi connectivity index (χ3n) is 6.41. The van der Waals surface area contributed by atoms with Crippen molar-refractivity contribution >= 4 is 23.8 Å². The number of carbonyl (C=O) groups is 4. The minimum Gasteiger partial charge on any atom is -0.464 e. The summed E-state index contributed by atoms with van der Waals surface area (Å²) in [5.41, 5.74) is 0. The lowest BCUT2D eigenvalue weighted by molar-refractivity contribution is -0.150. The molecule has 0 aromatic carbocycles. The van der Waals surface area contributed by atoms with Crippen LogP contribution in [0.3, 0.4) is 0 Å². The number of hydrogen-bond acceptors (Lipinski definition) is 8. The number of amides is 2. The molecule has 0 radical (unpaired) electrons. The molecule has 1 N–H and O–H groups in total. The van der Waals surface area contributed by atoms with Gasteiger partial charge < -0.3 is 29.3 Å². The van der Waals surface area contributed by atoms with Gasteiger partial charge in [-0.15, -0.1) is 0 Å². The Morgan fingerprint density at radius 1 is 0.725 bits per heavy atom. The van der Waals surface area contributed by atoms with Crippen LogP contribution < -0.4 is 5.32 Å². The van der Waals surface area contributed by atoms with Gasteiger partial charge in [-0.3, -0.25) is 19.2 Å². The van der Waals surface area contributed by atoms with Gasteiger partial charge >= 0.3 is 11.9 Å². The summed E-state index contributed by atoms with van der Waals surface area (Å²) in [5, 5.41) is 2.67. The molecule has 0 heterocycles. The van der Waals surface area contributed by atoms with E-state index < -0.39 is 11.8 Å². The Balaban J connectivity index is 4.82. The Morgan fingerprint density at radius 2 is 1.25 bits per heavy atom. The highest BCUT2D eigenvalue weighted by Crippen LogP contribution is 2.12. The Morgan fingerprint density at radius 3 is 1.73 bits per heavy atom. The van der Waals surface area contributed by atoms with Crippen LogP contribution in [0.2, 0.25) is 0 Å². The van der Waals surface area contributed by atoms with Crippen LogP contribution in [0.4, 0.5) is 0 Å². The Hall–Kier alpha value is -2.46. The molecule has 0 spiro atoms. The Bertz CT molecular complexity index is 709. The van der Waals surface area contributed by atoms with Crippen LogP contribution in [0.15, 0.2) is 12.2 Å². The number of hydrogen-bond donors (Lipinski definition) is 1. The summed E-state index contributed by atoms with van der Waals surface area (Å²) < 4.78 is 16.2. The summed E-state index contributed by atoms with van der Waals surface area (Å²) in [4.78, 5) is 53.0. The van der Waals surface area contributed by atoms with E-state index >= 15 is 0 Å². The number of ether oxygens (including phenoxy) is 3. The topological polar surface area (TPSA) is 114 Å². The van der Waals surface area contributed by atoms with Crippen molar-refractivity contribution in [1.82, 2.24) is 15.1 Å². The zero-order chi connectivity index (χ0) is 30.2. The molecule has 232 valence electrons. The zero-order valence-electron chi connectivity index (χ0n) is 25.9. The van der Waals surface area contributed by atoms with Gasteiger partial charge in [0, 0.05) is 25.2 Å². The van der Waals surface area contributed by atoms with Crippen molar-refractivity contribution in [2.24, 2.45) is 11.8 Å². The largest absolute Gasteiger partial charge is 0.464 e. The van der Waals surface area contributed by atoms with E-state index in [1.807, 2.05) is 32.8 Å². The molecular weight excluding hydrogens is 514 g/mol. The lowest BCUT2D eigenvalue weighted by Crippen LogP contribution is -2.37. The van der Waals surface area contributed by atoms with Crippen LogP contribution in [-0.2, 0) is 33.4 Å². The predicted molar refractivity (Wildman–Crippen MR) is 157 cm³/mol. The third kappa shape index (κ3) is 20.4. The number of likely N-dealkylation sites (N-methyl/N-ethyl adjacent to an activating group) is 1. The number of rotatable bonds is 24.